The number of methoxy groups -OCH3 is 1. The van der Waals surface area contributed by atoms with E-state index in [2.05, 4.69) is 19.6 Å². The van der Waals surface area contributed by atoms with Crippen molar-refractivity contribution in [2.24, 2.45) is 0 Å². The average molecular weight is 552 g/mol. The minimum absolute atomic E-state index is 0.156. The van der Waals surface area contributed by atoms with Crippen molar-refractivity contribution >= 4 is 39.7 Å². The molecule has 0 saturated carbocycles. The second kappa shape index (κ2) is 12.0. The van der Waals surface area contributed by atoms with Crippen LogP contribution in [-0.4, -0.2) is 63.7 Å². The molecule has 0 amide bonds. The zero-order valence-electron chi connectivity index (χ0n) is 21.8. The van der Waals surface area contributed by atoms with Gasteiger partial charge in [0.1, 0.15) is 28.5 Å². The van der Waals surface area contributed by atoms with Crippen molar-refractivity contribution in [2.45, 2.75) is 19.8 Å². The van der Waals surface area contributed by atoms with Crippen LogP contribution in [0.5, 0.6) is 5.75 Å². The second-order valence-electron chi connectivity index (χ2n) is 9.05. The number of morpholine rings is 1. The number of benzene rings is 2. The molecule has 1 aliphatic heterocycles. The quantitative estimate of drug-likeness (QED) is 0.292. The third-order valence-electron chi connectivity index (χ3n) is 6.42. The molecule has 1 fully saturated rings. The Labute approximate surface area is 229 Å². The lowest BCUT2D eigenvalue weighted by molar-refractivity contribution is 0.122. The zero-order chi connectivity index (χ0) is 27.4. The lowest BCUT2D eigenvalue weighted by Crippen LogP contribution is -2.37. The van der Waals surface area contributed by atoms with E-state index in [1.54, 1.807) is 43.8 Å². The third-order valence-corrected chi connectivity index (χ3v) is 7.53. The maximum Gasteiger partial charge on any atom is 0.219 e. The highest BCUT2D eigenvalue weighted by Gasteiger charge is 2.23. The predicted octanol–water partition coefficient (Wildman–Crippen LogP) is 4.20. The Balaban J connectivity index is 1.65. The molecule has 12 heteroatoms. The van der Waals surface area contributed by atoms with Gasteiger partial charge in [-0.15, -0.1) is 0 Å². The SMILES string of the molecule is CCCC[S+]([O-])Nc1cccc(-c2cc(OC)c3nc(-c4cnc(N)nc4)nc(N4CCOCC4)c3c2)c1F. The van der Waals surface area contributed by atoms with E-state index in [1.165, 1.54) is 0 Å². The molecular formula is C27H30FN7O3S. The van der Waals surface area contributed by atoms with E-state index in [-0.39, 0.29) is 11.6 Å². The first-order valence-electron chi connectivity index (χ1n) is 12.7. The molecule has 1 saturated heterocycles. The van der Waals surface area contributed by atoms with Crippen LogP contribution in [0.1, 0.15) is 19.8 Å². The van der Waals surface area contributed by atoms with Gasteiger partial charge in [0.05, 0.1) is 37.2 Å². The fraction of sp³-hybridized carbons (Fsp3) is 0.333. The number of anilines is 3. The maximum absolute atomic E-state index is 15.7. The smallest absolute Gasteiger partial charge is 0.219 e. The van der Waals surface area contributed by atoms with E-state index in [0.717, 1.165) is 12.8 Å². The fourth-order valence-electron chi connectivity index (χ4n) is 4.38. The van der Waals surface area contributed by atoms with Crippen LogP contribution in [0, 0.1) is 5.82 Å². The largest absolute Gasteiger partial charge is 0.593 e. The van der Waals surface area contributed by atoms with Gasteiger partial charge in [0.15, 0.2) is 11.6 Å². The highest BCUT2D eigenvalue weighted by Crippen LogP contribution is 2.39. The number of nitrogens with zero attached hydrogens (tertiary/aromatic N) is 5. The number of rotatable bonds is 9. The molecule has 4 aromatic rings. The summed E-state index contributed by atoms with van der Waals surface area (Å²) in [4.78, 5) is 19.9. The molecule has 2 aromatic carbocycles. The summed E-state index contributed by atoms with van der Waals surface area (Å²) in [7, 11) is 1.55. The maximum atomic E-state index is 15.7. The van der Waals surface area contributed by atoms with Crippen LogP contribution >= 0.6 is 0 Å². The number of nitrogen functional groups attached to an aromatic ring is 1. The molecule has 1 unspecified atom stereocenters. The number of aromatic nitrogens is 4. The second-order valence-corrected chi connectivity index (χ2v) is 10.4. The highest BCUT2D eigenvalue weighted by atomic mass is 32.2. The predicted molar refractivity (Wildman–Crippen MR) is 151 cm³/mol. The van der Waals surface area contributed by atoms with Crippen molar-refractivity contribution in [1.29, 1.82) is 0 Å². The Morgan fingerprint density at radius 3 is 2.64 bits per heavy atom. The Kier molecular flexibility index (Phi) is 8.24. The first-order valence-corrected chi connectivity index (χ1v) is 14.0. The summed E-state index contributed by atoms with van der Waals surface area (Å²) in [5, 5.41) is 0.704. The first-order chi connectivity index (χ1) is 19.0. The van der Waals surface area contributed by atoms with Gasteiger partial charge < -0.3 is 24.7 Å². The van der Waals surface area contributed by atoms with Crippen LogP contribution in [0.4, 0.5) is 21.8 Å². The van der Waals surface area contributed by atoms with E-state index in [1.807, 2.05) is 13.0 Å². The van der Waals surface area contributed by atoms with E-state index in [4.69, 9.17) is 25.2 Å². The van der Waals surface area contributed by atoms with Gasteiger partial charge in [-0.3, -0.25) is 0 Å². The van der Waals surface area contributed by atoms with Gasteiger partial charge in [0.2, 0.25) is 5.95 Å². The van der Waals surface area contributed by atoms with E-state index < -0.39 is 17.2 Å². The lowest BCUT2D eigenvalue weighted by atomic mass is 10.0. The summed E-state index contributed by atoms with van der Waals surface area (Å²) in [6.07, 6.45) is 4.85. The number of nitrogens with one attached hydrogen (secondary N) is 1. The van der Waals surface area contributed by atoms with Gasteiger partial charge >= 0.3 is 0 Å². The van der Waals surface area contributed by atoms with Crippen molar-refractivity contribution in [3.63, 3.8) is 0 Å². The van der Waals surface area contributed by atoms with Gasteiger partial charge in [0.25, 0.3) is 0 Å². The molecule has 10 nitrogen and oxygen atoms in total. The number of hydrogen-bond acceptors (Lipinski definition) is 10. The van der Waals surface area contributed by atoms with Crippen molar-refractivity contribution in [3.8, 4) is 28.3 Å². The normalized spacial score (nSPS) is 14.4. The van der Waals surface area contributed by atoms with Crippen molar-refractivity contribution in [1.82, 2.24) is 19.9 Å². The molecule has 1 atom stereocenters. The Bertz CT molecular complexity index is 1450. The van der Waals surface area contributed by atoms with Crippen LogP contribution in [0.3, 0.4) is 0 Å². The summed E-state index contributed by atoms with van der Waals surface area (Å²) in [5.74, 6) is 1.66. The number of nitrogens with two attached hydrogens (primary N) is 1. The number of hydrogen-bond donors (Lipinski definition) is 2. The van der Waals surface area contributed by atoms with Crippen LogP contribution in [0.25, 0.3) is 33.4 Å². The standard InChI is InChI=1S/C27H30FN7O3S/c1-3-4-12-39(36)34-21-7-5-6-19(23(21)28)17-13-20-24(22(14-17)37-2)32-25(18-15-30-27(29)31-16-18)33-26(20)35-8-10-38-11-9-35/h5-7,13-16,34H,3-4,8-12H2,1-2H3,(H2,29,30,31). The van der Waals surface area contributed by atoms with Crippen molar-refractivity contribution < 1.29 is 18.4 Å². The fourth-order valence-corrected chi connectivity index (χ4v) is 5.43. The molecule has 0 spiro atoms. The molecule has 0 aliphatic carbocycles. The number of halogens is 1. The van der Waals surface area contributed by atoms with E-state index in [0.29, 0.717) is 77.0 Å². The topological polar surface area (TPSA) is 134 Å². The minimum Gasteiger partial charge on any atom is -0.593 e. The van der Waals surface area contributed by atoms with Gasteiger partial charge in [-0.2, -0.15) is 0 Å². The Morgan fingerprint density at radius 2 is 1.92 bits per heavy atom. The summed E-state index contributed by atoms with van der Waals surface area (Å²) in [5.41, 5.74) is 7.96. The Hall–Kier alpha value is -3.74. The molecule has 39 heavy (non-hydrogen) atoms. The van der Waals surface area contributed by atoms with Crippen LogP contribution in [0.2, 0.25) is 0 Å². The molecule has 1 aliphatic rings. The molecule has 5 rings (SSSR count). The lowest BCUT2D eigenvalue weighted by Gasteiger charge is -2.29. The molecule has 204 valence electrons. The number of ether oxygens (including phenoxy) is 2. The summed E-state index contributed by atoms with van der Waals surface area (Å²) in [6, 6.07) is 8.62. The van der Waals surface area contributed by atoms with Crippen molar-refractivity contribution in [3.05, 3.63) is 48.5 Å². The number of fused-ring (bicyclic) bond motifs is 1. The highest BCUT2D eigenvalue weighted by molar-refractivity contribution is 7.92. The molecule has 3 N–H and O–H groups in total. The van der Waals surface area contributed by atoms with Crippen LogP contribution < -0.4 is 20.1 Å². The van der Waals surface area contributed by atoms with Crippen LogP contribution in [-0.2, 0) is 16.1 Å². The Morgan fingerprint density at radius 1 is 1.15 bits per heavy atom. The summed E-state index contributed by atoms with van der Waals surface area (Å²) in [6.45, 7) is 4.40. The van der Waals surface area contributed by atoms with Crippen LogP contribution in [0.15, 0.2) is 42.7 Å². The van der Waals surface area contributed by atoms with E-state index in [9.17, 15) is 4.55 Å². The minimum atomic E-state index is -1.37. The summed E-state index contributed by atoms with van der Waals surface area (Å²) < 4.78 is 42.2. The van der Waals surface area contributed by atoms with Gasteiger partial charge in [-0.1, -0.05) is 25.5 Å². The van der Waals surface area contributed by atoms with Gasteiger partial charge in [-0.25, -0.2) is 29.0 Å². The van der Waals surface area contributed by atoms with Gasteiger partial charge in [-0.05, 0) is 30.2 Å². The molecule has 0 radical (unpaired) electrons. The van der Waals surface area contributed by atoms with Gasteiger partial charge in [0, 0.05) is 36.4 Å². The molecular weight excluding hydrogens is 521 g/mol. The van der Waals surface area contributed by atoms with E-state index >= 15 is 4.39 Å². The molecule has 2 aromatic heterocycles. The average Bonchev–Trinajstić information content (AvgIpc) is 2.97. The monoisotopic (exact) mass is 551 g/mol. The zero-order valence-corrected chi connectivity index (χ0v) is 22.6. The molecule has 0 bridgehead atoms. The summed E-state index contributed by atoms with van der Waals surface area (Å²) >= 11 is -1.37. The van der Waals surface area contributed by atoms with Crippen molar-refractivity contribution in [2.75, 3.05) is 54.5 Å². The number of unbranched alkanes of at least 4 members (excludes halogenated alkanes) is 1. The third kappa shape index (κ3) is 5.82. The first kappa shape index (κ1) is 26.9. The molecule has 3 heterocycles.